The molecule has 8 heteroatoms. The summed E-state index contributed by atoms with van der Waals surface area (Å²) in [6.07, 6.45) is 0.307. The molecule has 3 amide bonds. The van der Waals surface area contributed by atoms with E-state index in [0.29, 0.717) is 13.0 Å². The maximum atomic E-state index is 13.6. The number of amides is 3. The molecule has 1 aromatic carbocycles. The molecule has 7 nitrogen and oxygen atoms in total. The molecule has 0 radical (unpaired) electrons. The Kier molecular flexibility index (Phi) is 7.38. The molecule has 5 N–H and O–H groups in total. The first-order valence-corrected chi connectivity index (χ1v) is 7.83. The van der Waals surface area contributed by atoms with Crippen LogP contribution in [0.15, 0.2) is 29.3 Å². The molecule has 0 saturated carbocycles. The van der Waals surface area contributed by atoms with Crippen molar-refractivity contribution in [2.24, 2.45) is 16.5 Å². The average molecular weight is 350 g/mol. The summed E-state index contributed by atoms with van der Waals surface area (Å²) < 4.78 is 13.6. The molecular weight excluding hydrogens is 327 g/mol. The van der Waals surface area contributed by atoms with E-state index < -0.39 is 29.1 Å². The van der Waals surface area contributed by atoms with Gasteiger partial charge in [0.1, 0.15) is 17.1 Å². The van der Waals surface area contributed by atoms with Gasteiger partial charge in [0.05, 0.1) is 6.42 Å². The molecule has 0 aromatic heterocycles. The fourth-order valence-corrected chi connectivity index (χ4v) is 1.90. The number of halogens is 1. The van der Waals surface area contributed by atoms with E-state index in [4.69, 9.17) is 11.5 Å². The summed E-state index contributed by atoms with van der Waals surface area (Å²) in [5.41, 5.74) is 9.47. The zero-order chi connectivity index (χ0) is 19.0. The number of hydrogen-bond acceptors (Lipinski definition) is 4. The molecule has 0 aliphatic carbocycles. The van der Waals surface area contributed by atoms with Crippen molar-refractivity contribution in [2.75, 3.05) is 6.54 Å². The highest BCUT2D eigenvalue weighted by Gasteiger charge is 2.28. The second kappa shape index (κ2) is 9.03. The van der Waals surface area contributed by atoms with Crippen LogP contribution in [0.2, 0.25) is 0 Å². The molecule has 0 aliphatic rings. The van der Waals surface area contributed by atoms with Crippen molar-refractivity contribution in [3.05, 3.63) is 35.6 Å². The fourth-order valence-electron chi connectivity index (χ4n) is 1.90. The molecule has 0 fully saturated rings. The quantitative estimate of drug-likeness (QED) is 0.588. The third kappa shape index (κ3) is 6.42. The maximum Gasteiger partial charge on any atom is 0.266 e. The molecular formula is C17H23FN4O3. The Morgan fingerprint density at radius 1 is 1.24 bits per heavy atom. The SMILES string of the molecule is CC(C)(NC(=O)C(CCCN)=NC(=O)Cc1ccccc1F)C(N)=O. The van der Waals surface area contributed by atoms with E-state index in [9.17, 15) is 18.8 Å². The molecule has 0 heterocycles. The zero-order valence-electron chi connectivity index (χ0n) is 14.3. The molecule has 25 heavy (non-hydrogen) atoms. The predicted octanol–water partition coefficient (Wildman–Crippen LogP) is 0.455. The van der Waals surface area contributed by atoms with E-state index in [1.165, 1.54) is 32.0 Å². The standard InChI is InChI=1S/C17H23FN4O3/c1-17(2,16(20)25)22-15(24)13(8-5-9-19)21-14(23)10-11-6-3-4-7-12(11)18/h3-4,6-7H,5,8-10,19H2,1-2H3,(H2,20,25)(H,22,24). The lowest BCUT2D eigenvalue weighted by molar-refractivity contribution is -0.127. The van der Waals surface area contributed by atoms with Crippen LogP contribution in [-0.4, -0.2) is 35.5 Å². The predicted molar refractivity (Wildman–Crippen MR) is 92.3 cm³/mol. The molecule has 0 spiro atoms. The number of carbonyl (C=O) groups excluding carboxylic acids is 3. The summed E-state index contributed by atoms with van der Waals surface area (Å²) in [4.78, 5) is 39.5. The minimum atomic E-state index is -1.30. The van der Waals surface area contributed by atoms with Gasteiger partial charge in [-0.3, -0.25) is 14.4 Å². The average Bonchev–Trinajstić information content (AvgIpc) is 2.53. The summed E-state index contributed by atoms with van der Waals surface area (Å²) in [5, 5.41) is 2.43. The van der Waals surface area contributed by atoms with Gasteiger partial charge < -0.3 is 16.8 Å². The summed E-state index contributed by atoms with van der Waals surface area (Å²) in [7, 11) is 0. The van der Waals surface area contributed by atoms with E-state index in [1.54, 1.807) is 6.07 Å². The monoisotopic (exact) mass is 350 g/mol. The van der Waals surface area contributed by atoms with Crippen LogP contribution in [0.5, 0.6) is 0 Å². The molecule has 0 bridgehead atoms. The first-order chi connectivity index (χ1) is 11.7. The van der Waals surface area contributed by atoms with Crippen molar-refractivity contribution in [3.63, 3.8) is 0 Å². The number of nitrogens with one attached hydrogen (secondary N) is 1. The minimum absolute atomic E-state index is 0.0684. The second-order valence-corrected chi connectivity index (χ2v) is 6.06. The van der Waals surface area contributed by atoms with Gasteiger partial charge in [-0.2, -0.15) is 0 Å². The highest BCUT2D eigenvalue weighted by molar-refractivity contribution is 6.40. The van der Waals surface area contributed by atoms with Gasteiger partial charge in [0.25, 0.3) is 11.8 Å². The lowest BCUT2D eigenvalue weighted by Crippen LogP contribution is -2.54. The Bertz CT molecular complexity index is 686. The summed E-state index contributed by atoms with van der Waals surface area (Å²) in [5.74, 6) is -2.59. The Labute approximate surface area is 145 Å². The van der Waals surface area contributed by atoms with Crippen LogP contribution in [0.3, 0.4) is 0 Å². The van der Waals surface area contributed by atoms with Gasteiger partial charge >= 0.3 is 0 Å². The van der Waals surface area contributed by atoms with Gasteiger partial charge in [-0.15, -0.1) is 0 Å². The smallest absolute Gasteiger partial charge is 0.266 e. The lowest BCUT2D eigenvalue weighted by Gasteiger charge is -2.22. The largest absolute Gasteiger partial charge is 0.368 e. The Morgan fingerprint density at radius 3 is 2.44 bits per heavy atom. The van der Waals surface area contributed by atoms with Crippen LogP contribution in [0.25, 0.3) is 0 Å². The van der Waals surface area contributed by atoms with Gasteiger partial charge in [0, 0.05) is 0 Å². The van der Waals surface area contributed by atoms with E-state index >= 15 is 0 Å². The Balaban J connectivity index is 2.94. The van der Waals surface area contributed by atoms with Gasteiger partial charge in [-0.25, -0.2) is 9.38 Å². The van der Waals surface area contributed by atoms with Gasteiger partial charge in [0.2, 0.25) is 5.91 Å². The molecule has 0 unspecified atom stereocenters. The van der Waals surface area contributed by atoms with Crippen molar-refractivity contribution < 1.29 is 18.8 Å². The molecule has 1 aromatic rings. The Morgan fingerprint density at radius 2 is 1.88 bits per heavy atom. The summed E-state index contributed by atoms with van der Waals surface area (Å²) in [6.45, 7) is 3.18. The number of primary amides is 1. The molecule has 0 aliphatic heterocycles. The number of rotatable bonds is 8. The number of benzene rings is 1. The molecule has 1 rings (SSSR count). The van der Waals surface area contributed by atoms with Crippen molar-refractivity contribution in [2.45, 2.75) is 38.6 Å². The summed E-state index contributed by atoms with van der Waals surface area (Å²) >= 11 is 0. The van der Waals surface area contributed by atoms with Crippen LogP contribution in [0.1, 0.15) is 32.3 Å². The van der Waals surface area contributed by atoms with E-state index in [1.807, 2.05) is 0 Å². The van der Waals surface area contributed by atoms with E-state index in [-0.39, 0.29) is 24.1 Å². The normalized spacial score (nSPS) is 11.9. The number of nitrogens with zero attached hydrogens (tertiary/aromatic N) is 1. The van der Waals surface area contributed by atoms with Crippen LogP contribution in [0, 0.1) is 5.82 Å². The molecule has 0 atom stereocenters. The minimum Gasteiger partial charge on any atom is -0.368 e. The number of carbonyl (C=O) groups is 3. The third-order valence-electron chi connectivity index (χ3n) is 3.48. The van der Waals surface area contributed by atoms with Crippen LogP contribution in [-0.2, 0) is 20.8 Å². The van der Waals surface area contributed by atoms with E-state index in [0.717, 1.165) is 0 Å². The van der Waals surface area contributed by atoms with Crippen LogP contribution >= 0.6 is 0 Å². The topological polar surface area (TPSA) is 128 Å². The first-order valence-electron chi connectivity index (χ1n) is 7.83. The Hall–Kier alpha value is -2.61. The van der Waals surface area contributed by atoms with Gasteiger partial charge in [-0.05, 0) is 44.9 Å². The van der Waals surface area contributed by atoms with Crippen molar-refractivity contribution >= 4 is 23.4 Å². The highest BCUT2D eigenvalue weighted by atomic mass is 19.1. The molecule has 0 saturated heterocycles. The third-order valence-corrected chi connectivity index (χ3v) is 3.48. The number of hydrogen-bond donors (Lipinski definition) is 3. The first kappa shape index (κ1) is 20.4. The highest BCUT2D eigenvalue weighted by Crippen LogP contribution is 2.09. The van der Waals surface area contributed by atoms with Crippen molar-refractivity contribution in [1.82, 2.24) is 5.32 Å². The van der Waals surface area contributed by atoms with Crippen LogP contribution in [0.4, 0.5) is 4.39 Å². The van der Waals surface area contributed by atoms with Crippen molar-refractivity contribution in [1.29, 1.82) is 0 Å². The van der Waals surface area contributed by atoms with E-state index in [2.05, 4.69) is 10.3 Å². The van der Waals surface area contributed by atoms with Gasteiger partial charge in [-0.1, -0.05) is 18.2 Å². The van der Waals surface area contributed by atoms with Crippen LogP contribution < -0.4 is 16.8 Å². The summed E-state index contributed by atoms with van der Waals surface area (Å²) in [6, 6.07) is 5.83. The maximum absolute atomic E-state index is 13.6. The fraction of sp³-hybridized carbons (Fsp3) is 0.412. The lowest BCUT2D eigenvalue weighted by atomic mass is 10.0. The second-order valence-electron chi connectivity index (χ2n) is 6.06. The molecule has 136 valence electrons. The van der Waals surface area contributed by atoms with Crippen molar-refractivity contribution in [3.8, 4) is 0 Å². The van der Waals surface area contributed by atoms with Gasteiger partial charge in [0.15, 0.2) is 0 Å². The number of nitrogens with two attached hydrogens (primary N) is 2. The number of aliphatic imine (C=N–C) groups is 1. The zero-order valence-corrected chi connectivity index (χ0v) is 14.3.